The zero-order valence-electron chi connectivity index (χ0n) is 41.3. The van der Waals surface area contributed by atoms with Crippen LogP contribution < -0.4 is 29.5 Å². The molecule has 3 aromatic heterocycles. The third-order valence-corrected chi connectivity index (χ3v) is 12.4. The topological polar surface area (TPSA) is 170 Å². The van der Waals surface area contributed by atoms with Gasteiger partial charge in [0, 0.05) is 79.4 Å². The standard InChI is InChI=1S/C16H11F2NO2.C15H9F2NO2.C10H9NO2.C8H18N2.C6H3F2I.Li.H2O/c1-21-16(20)11-2-5-15-10(8-11)6-7-19(15)12-3-4-13(17)14(18)9-12;16-12-3-2-11(8-13(12)17)18-6-5-9-7-10(15(19)20)1-4-14(9)18;1-13-10(12)8-2-3-9-7(6-8)4-5-11-9;1-9-7-5-3-4-6-8(7)10-2;7-5-2-1-4(9)3-6(5)8;;/h2-9H,1H3;1-8H,(H,19,20);2-6,11H,1H3;7-10H,3-6H2,1-2H3;1-3H;;1H2/q;;;;;+1;/p-1/t;;;7-,8+;;;. The minimum Gasteiger partial charge on any atom is -0.870 e. The summed E-state index contributed by atoms with van der Waals surface area (Å²) >= 11 is 1.92. The van der Waals surface area contributed by atoms with E-state index in [4.69, 9.17) is 5.11 Å². The number of esters is 2. The SMILES string of the molecule is CN[C@H]1CCCC[C@H]1NC.COC(=O)c1ccc2[nH]ccc2c1.COC(=O)c1ccc2c(ccn2-c2ccc(F)c(F)c2)c1.Fc1ccc(I)cc1F.O=C(O)c1ccc2c(ccn2-c2ccc(F)c(F)c2)c1.[Li+].[OH-]. The van der Waals surface area contributed by atoms with Crippen molar-refractivity contribution < 1.29 is 79.6 Å². The van der Waals surface area contributed by atoms with Gasteiger partial charge in [-0.15, -0.1) is 0 Å². The number of aromatic carboxylic acids is 1. The first kappa shape index (κ1) is 60.7. The van der Waals surface area contributed by atoms with Crippen LogP contribution in [0.25, 0.3) is 44.1 Å². The molecular formula is C55H51F6ILiN5O7. The number of hydrogen-bond acceptors (Lipinski definition) is 8. The molecule has 1 fully saturated rings. The number of halogens is 7. The number of H-pyrrole nitrogens is 1. The van der Waals surface area contributed by atoms with Crippen molar-refractivity contribution >= 4 is 73.2 Å². The van der Waals surface area contributed by atoms with Crippen molar-refractivity contribution in [3.63, 3.8) is 0 Å². The fourth-order valence-electron chi connectivity index (χ4n) is 7.97. The molecule has 5 N–H and O–H groups in total. The number of rotatable bonds is 7. The number of hydrogen-bond donors (Lipinski definition) is 4. The average Bonchev–Trinajstić information content (AvgIpc) is 4.18. The van der Waals surface area contributed by atoms with Gasteiger partial charge in [0.2, 0.25) is 0 Å². The van der Waals surface area contributed by atoms with Crippen LogP contribution in [0.1, 0.15) is 56.8 Å². The maximum atomic E-state index is 13.3. The zero-order chi connectivity index (χ0) is 52.8. The Morgan fingerprint density at radius 2 is 0.987 bits per heavy atom. The van der Waals surface area contributed by atoms with E-state index in [9.17, 15) is 40.7 Å². The molecule has 0 unspecified atom stereocenters. The van der Waals surface area contributed by atoms with Crippen molar-refractivity contribution in [2.24, 2.45) is 0 Å². The molecular weight excluding hydrogens is 1090 g/mol. The predicted molar refractivity (Wildman–Crippen MR) is 279 cm³/mol. The molecule has 0 bridgehead atoms. The summed E-state index contributed by atoms with van der Waals surface area (Å²) in [5.74, 6) is -6.93. The molecule has 3 heterocycles. The number of carbonyl (C=O) groups excluding carboxylic acids is 2. The van der Waals surface area contributed by atoms with Crippen molar-refractivity contribution in [1.29, 1.82) is 0 Å². The molecule has 6 aromatic carbocycles. The van der Waals surface area contributed by atoms with Crippen LogP contribution in [0.15, 0.2) is 146 Å². The van der Waals surface area contributed by atoms with Gasteiger partial charge in [0.25, 0.3) is 0 Å². The minimum atomic E-state index is -1.01. The summed E-state index contributed by atoms with van der Waals surface area (Å²) in [6.07, 6.45) is 10.7. The van der Waals surface area contributed by atoms with Crippen LogP contribution in [0, 0.1) is 38.5 Å². The number of carboxylic acids is 1. The fraction of sp³-hybridized carbons (Fsp3) is 0.182. The number of methoxy groups -OCH3 is 2. The summed E-state index contributed by atoms with van der Waals surface area (Å²) in [6, 6.07) is 33.1. The minimum absolute atomic E-state index is 0. The molecule has 2 atom stereocenters. The number of carboxylic acid groups (broad SMARTS) is 1. The summed E-state index contributed by atoms with van der Waals surface area (Å²) in [6.45, 7) is 0. The van der Waals surface area contributed by atoms with E-state index in [1.54, 1.807) is 70.1 Å². The van der Waals surface area contributed by atoms with Crippen LogP contribution in [0.2, 0.25) is 0 Å². The third-order valence-electron chi connectivity index (χ3n) is 11.8. The first-order valence-electron chi connectivity index (χ1n) is 22.6. The molecule has 75 heavy (non-hydrogen) atoms. The molecule has 1 aliphatic rings. The molecule has 0 spiro atoms. The number of aromatic nitrogens is 3. The number of ether oxygens (including phenoxy) is 2. The van der Waals surface area contributed by atoms with Crippen molar-refractivity contribution in [3.05, 3.63) is 201 Å². The molecule has 0 amide bonds. The average molecular weight is 1140 g/mol. The zero-order valence-corrected chi connectivity index (χ0v) is 43.5. The Balaban J connectivity index is 0.000000209. The van der Waals surface area contributed by atoms with Crippen molar-refractivity contribution in [2.75, 3.05) is 28.3 Å². The number of fused-ring (bicyclic) bond motifs is 3. The largest absolute Gasteiger partial charge is 1.00 e. The molecule has 1 aliphatic carbocycles. The van der Waals surface area contributed by atoms with E-state index in [1.165, 1.54) is 70.2 Å². The fourth-order valence-corrected chi connectivity index (χ4v) is 8.43. The van der Waals surface area contributed by atoms with Crippen molar-refractivity contribution in [1.82, 2.24) is 24.8 Å². The van der Waals surface area contributed by atoms with E-state index in [0.717, 1.165) is 69.1 Å². The van der Waals surface area contributed by atoms with Gasteiger partial charge in [-0.05, 0) is 165 Å². The van der Waals surface area contributed by atoms with Gasteiger partial charge in [0.05, 0.1) is 41.9 Å². The Labute approximate surface area is 453 Å². The van der Waals surface area contributed by atoms with Gasteiger partial charge in [-0.3, -0.25) is 0 Å². The van der Waals surface area contributed by atoms with E-state index in [-0.39, 0.29) is 35.9 Å². The van der Waals surface area contributed by atoms with E-state index >= 15 is 0 Å². The Bertz CT molecular complexity index is 3360. The van der Waals surface area contributed by atoms with Gasteiger partial charge in [0.1, 0.15) is 0 Å². The number of aromatic amines is 1. The van der Waals surface area contributed by atoms with E-state index in [1.807, 2.05) is 40.9 Å². The number of benzene rings is 6. The van der Waals surface area contributed by atoms with Gasteiger partial charge in [-0.25, -0.2) is 40.7 Å². The van der Waals surface area contributed by atoms with Crippen molar-refractivity contribution in [3.8, 4) is 11.4 Å². The van der Waals surface area contributed by atoms with Gasteiger partial charge in [-0.2, -0.15) is 0 Å². The van der Waals surface area contributed by atoms with Gasteiger partial charge in [0.15, 0.2) is 34.9 Å². The smallest absolute Gasteiger partial charge is 0.870 e. The summed E-state index contributed by atoms with van der Waals surface area (Å²) < 4.78 is 90.3. The summed E-state index contributed by atoms with van der Waals surface area (Å²) in [5.41, 5.74) is 4.71. The van der Waals surface area contributed by atoms with Gasteiger partial charge in [-0.1, -0.05) is 12.8 Å². The second-order valence-corrected chi connectivity index (χ2v) is 17.6. The monoisotopic (exact) mass is 1140 g/mol. The summed E-state index contributed by atoms with van der Waals surface area (Å²) in [5, 5.41) is 18.2. The van der Waals surface area contributed by atoms with Crippen LogP contribution in [-0.2, 0) is 9.47 Å². The van der Waals surface area contributed by atoms with Crippen LogP contribution in [0.5, 0.6) is 0 Å². The molecule has 20 heteroatoms. The maximum Gasteiger partial charge on any atom is 1.00 e. The van der Waals surface area contributed by atoms with Crippen LogP contribution in [-0.4, -0.2) is 83.0 Å². The first-order valence-corrected chi connectivity index (χ1v) is 23.7. The van der Waals surface area contributed by atoms with E-state index in [0.29, 0.717) is 38.2 Å². The Morgan fingerprint density at radius 3 is 1.41 bits per heavy atom. The van der Waals surface area contributed by atoms with Gasteiger partial charge < -0.3 is 44.8 Å². The molecule has 388 valence electrons. The second-order valence-electron chi connectivity index (χ2n) is 16.3. The van der Waals surface area contributed by atoms with E-state index < -0.39 is 46.8 Å². The maximum absolute atomic E-state index is 13.3. The molecule has 10 rings (SSSR count). The van der Waals surface area contributed by atoms with Crippen LogP contribution >= 0.6 is 22.6 Å². The molecule has 0 radical (unpaired) electrons. The van der Waals surface area contributed by atoms with Crippen molar-refractivity contribution in [2.45, 2.75) is 37.8 Å². The second kappa shape index (κ2) is 28.7. The summed E-state index contributed by atoms with van der Waals surface area (Å²) in [7, 11) is 6.81. The molecule has 9 aromatic rings. The third kappa shape index (κ3) is 15.8. The normalized spacial score (nSPS) is 13.4. The van der Waals surface area contributed by atoms with Crippen LogP contribution in [0.3, 0.4) is 0 Å². The number of nitrogens with zero attached hydrogens (tertiary/aromatic N) is 2. The molecule has 1 saturated carbocycles. The Hall–Kier alpha value is -6.86. The van der Waals surface area contributed by atoms with Crippen LogP contribution in [0.4, 0.5) is 26.3 Å². The number of likely N-dealkylation sites (N-methyl/N-ethyl adjacent to an activating group) is 2. The first-order chi connectivity index (χ1) is 35.0. The Kier molecular flexibility index (Phi) is 23.2. The number of nitrogens with one attached hydrogen (secondary N) is 3. The quantitative estimate of drug-likeness (QED) is 0.0400. The molecule has 0 aliphatic heterocycles. The summed E-state index contributed by atoms with van der Waals surface area (Å²) in [4.78, 5) is 36.6. The predicted octanol–water partition coefficient (Wildman–Crippen LogP) is 9.39. The Morgan fingerprint density at radius 1 is 0.560 bits per heavy atom. The van der Waals surface area contributed by atoms with Gasteiger partial charge >= 0.3 is 36.8 Å². The number of carbonyl (C=O) groups is 3. The van der Waals surface area contributed by atoms with E-state index in [2.05, 4.69) is 39.2 Å². The molecule has 12 nitrogen and oxygen atoms in total. The molecule has 0 saturated heterocycles.